The van der Waals surface area contributed by atoms with Crippen LogP contribution in [0, 0.1) is 0 Å². The molecule has 1 heterocycles. The quantitative estimate of drug-likeness (QED) is 0.852. The van der Waals surface area contributed by atoms with Gasteiger partial charge in [-0.25, -0.2) is 4.98 Å². The first-order chi connectivity index (χ1) is 7.25. The van der Waals surface area contributed by atoms with Crippen molar-refractivity contribution in [3.63, 3.8) is 0 Å². The lowest BCUT2D eigenvalue weighted by Gasteiger charge is -2.07. The minimum absolute atomic E-state index is 0.577. The van der Waals surface area contributed by atoms with E-state index in [1.165, 1.54) is 0 Å². The van der Waals surface area contributed by atoms with Gasteiger partial charge in [-0.05, 0) is 30.3 Å². The number of rotatable bonds is 2. The van der Waals surface area contributed by atoms with Gasteiger partial charge in [0.1, 0.15) is 5.82 Å². The summed E-state index contributed by atoms with van der Waals surface area (Å²) in [4.78, 5) is 4.13. The van der Waals surface area contributed by atoms with E-state index < -0.39 is 0 Å². The maximum atomic E-state index is 6.00. The largest absolute Gasteiger partial charge is 0.339 e. The zero-order chi connectivity index (χ0) is 10.7. The fourth-order valence-corrected chi connectivity index (χ4v) is 1.62. The van der Waals surface area contributed by atoms with E-state index in [1.807, 2.05) is 24.3 Å². The van der Waals surface area contributed by atoms with Gasteiger partial charge >= 0.3 is 0 Å². The Balaban J connectivity index is 2.25. The molecule has 0 aliphatic heterocycles. The van der Waals surface area contributed by atoms with Gasteiger partial charge in [-0.3, -0.25) is 0 Å². The second-order valence-corrected chi connectivity index (χ2v) is 3.81. The minimum atomic E-state index is 0.577. The number of hydrogen-bond donors (Lipinski definition) is 1. The third-order valence-electron chi connectivity index (χ3n) is 1.86. The van der Waals surface area contributed by atoms with Crippen molar-refractivity contribution in [2.45, 2.75) is 0 Å². The van der Waals surface area contributed by atoms with E-state index in [-0.39, 0.29) is 0 Å². The number of nitrogens with one attached hydrogen (secondary N) is 1. The predicted octanol–water partition coefficient (Wildman–Crippen LogP) is 4.13. The summed E-state index contributed by atoms with van der Waals surface area (Å²) in [5, 5.41) is 4.29. The molecular formula is C11H8Cl2N2. The van der Waals surface area contributed by atoms with E-state index in [0.717, 1.165) is 11.5 Å². The van der Waals surface area contributed by atoms with Crippen molar-refractivity contribution in [2.75, 3.05) is 5.32 Å². The Morgan fingerprint density at radius 3 is 2.60 bits per heavy atom. The Morgan fingerprint density at radius 1 is 1.07 bits per heavy atom. The Labute approximate surface area is 97.9 Å². The van der Waals surface area contributed by atoms with Gasteiger partial charge in [-0.15, -0.1) is 0 Å². The van der Waals surface area contributed by atoms with E-state index in [2.05, 4.69) is 10.3 Å². The van der Waals surface area contributed by atoms with Crippen LogP contribution in [0.4, 0.5) is 11.5 Å². The van der Waals surface area contributed by atoms with Gasteiger partial charge in [0.25, 0.3) is 0 Å². The molecule has 1 aromatic heterocycles. The monoisotopic (exact) mass is 238 g/mol. The van der Waals surface area contributed by atoms with Crippen molar-refractivity contribution in [3.05, 3.63) is 52.6 Å². The molecule has 2 rings (SSSR count). The van der Waals surface area contributed by atoms with E-state index in [1.54, 1.807) is 18.3 Å². The second kappa shape index (κ2) is 4.51. The highest BCUT2D eigenvalue weighted by molar-refractivity contribution is 6.36. The first kappa shape index (κ1) is 10.3. The summed E-state index contributed by atoms with van der Waals surface area (Å²) in [6.07, 6.45) is 1.71. The molecule has 2 nitrogen and oxygen atoms in total. The molecule has 4 heteroatoms. The highest BCUT2D eigenvalue weighted by Crippen LogP contribution is 2.27. The van der Waals surface area contributed by atoms with Crippen LogP contribution in [0.5, 0.6) is 0 Å². The van der Waals surface area contributed by atoms with Crippen LogP contribution in [0.2, 0.25) is 10.0 Å². The standard InChI is InChI=1S/C11H8Cl2N2/c12-8-4-5-10(9(13)7-8)15-11-3-1-2-6-14-11/h1-7H,(H,14,15). The molecule has 0 radical (unpaired) electrons. The fourth-order valence-electron chi connectivity index (χ4n) is 1.17. The van der Waals surface area contributed by atoms with E-state index in [0.29, 0.717) is 10.0 Å². The van der Waals surface area contributed by atoms with Crippen LogP contribution in [0.3, 0.4) is 0 Å². The molecule has 76 valence electrons. The summed E-state index contributed by atoms with van der Waals surface area (Å²) in [5.41, 5.74) is 0.791. The molecule has 1 N–H and O–H groups in total. The van der Waals surface area contributed by atoms with Crippen LogP contribution in [-0.4, -0.2) is 4.98 Å². The number of nitrogens with zero attached hydrogens (tertiary/aromatic N) is 1. The number of halogens is 2. The summed E-state index contributed by atoms with van der Waals surface area (Å²) >= 11 is 11.8. The smallest absolute Gasteiger partial charge is 0.130 e. The van der Waals surface area contributed by atoms with Crippen LogP contribution in [0.15, 0.2) is 42.6 Å². The van der Waals surface area contributed by atoms with Crippen molar-refractivity contribution < 1.29 is 0 Å². The molecule has 0 unspecified atom stereocenters. The molecule has 0 fully saturated rings. The fraction of sp³-hybridized carbons (Fsp3) is 0. The molecule has 2 aromatic rings. The topological polar surface area (TPSA) is 24.9 Å². The zero-order valence-corrected chi connectivity index (χ0v) is 9.26. The van der Waals surface area contributed by atoms with Crippen LogP contribution in [0.1, 0.15) is 0 Å². The van der Waals surface area contributed by atoms with Crippen LogP contribution < -0.4 is 5.32 Å². The van der Waals surface area contributed by atoms with Crippen LogP contribution in [0.25, 0.3) is 0 Å². The van der Waals surface area contributed by atoms with Crippen LogP contribution in [-0.2, 0) is 0 Å². The lowest BCUT2D eigenvalue weighted by atomic mass is 10.3. The number of hydrogen-bond acceptors (Lipinski definition) is 2. The highest BCUT2D eigenvalue weighted by Gasteiger charge is 2.01. The summed E-state index contributed by atoms with van der Waals surface area (Å²) in [6, 6.07) is 10.9. The maximum Gasteiger partial charge on any atom is 0.130 e. The molecule has 0 spiro atoms. The van der Waals surface area contributed by atoms with Gasteiger partial charge < -0.3 is 5.32 Å². The van der Waals surface area contributed by atoms with Gasteiger partial charge in [-0.1, -0.05) is 29.3 Å². The molecule has 0 saturated carbocycles. The molecule has 0 aliphatic carbocycles. The summed E-state index contributed by atoms with van der Waals surface area (Å²) in [5.74, 6) is 0.752. The van der Waals surface area contributed by atoms with Crippen molar-refractivity contribution in [3.8, 4) is 0 Å². The molecule has 1 aromatic carbocycles. The van der Waals surface area contributed by atoms with E-state index in [9.17, 15) is 0 Å². The first-order valence-electron chi connectivity index (χ1n) is 4.39. The molecule has 0 atom stereocenters. The van der Waals surface area contributed by atoms with Crippen molar-refractivity contribution in [2.24, 2.45) is 0 Å². The summed E-state index contributed by atoms with van der Waals surface area (Å²) < 4.78 is 0. The maximum absolute atomic E-state index is 6.00. The van der Waals surface area contributed by atoms with Crippen LogP contribution >= 0.6 is 23.2 Å². The number of aromatic nitrogens is 1. The predicted molar refractivity (Wildman–Crippen MR) is 64.0 cm³/mol. The molecule has 0 amide bonds. The van der Waals surface area contributed by atoms with E-state index in [4.69, 9.17) is 23.2 Å². The van der Waals surface area contributed by atoms with E-state index >= 15 is 0 Å². The Bertz CT molecular complexity index is 457. The zero-order valence-electron chi connectivity index (χ0n) is 7.74. The normalized spacial score (nSPS) is 10.0. The van der Waals surface area contributed by atoms with Gasteiger partial charge in [0.15, 0.2) is 0 Å². The SMILES string of the molecule is Clc1ccc(Nc2ccccn2)c(Cl)c1. The average molecular weight is 239 g/mol. The lowest BCUT2D eigenvalue weighted by Crippen LogP contribution is -1.92. The Kier molecular flexibility index (Phi) is 3.09. The van der Waals surface area contributed by atoms with Crippen molar-refractivity contribution in [1.82, 2.24) is 4.98 Å². The molecule has 0 saturated heterocycles. The summed E-state index contributed by atoms with van der Waals surface area (Å²) in [7, 11) is 0. The van der Waals surface area contributed by atoms with Gasteiger partial charge in [-0.2, -0.15) is 0 Å². The Hall–Kier alpha value is -1.25. The van der Waals surface area contributed by atoms with Crippen molar-refractivity contribution in [1.29, 1.82) is 0 Å². The molecule has 0 aliphatic rings. The molecule has 15 heavy (non-hydrogen) atoms. The van der Waals surface area contributed by atoms with Crippen molar-refractivity contribution >= 4 is 34.7 Å². The second-order valence-electron chi connectivity index (χ2n) is 2.96. The Morgan fingerprint density at radius 2 is 1.93 bits per heavy atom. The molecular weight excluding hydrogens is 231 g/mol. The third-order valence-corrected chi connectivity index (χ3v) is 2.41. The number of benzene rings is 1. The van der Waals surface area contributed by atoms with Gasteiger partial charge in [0, 0.05) is 11.2 Å². The average Bonchev–Trinajstić information content (AvgIpc) is 2.24. The third kappa shape index (κ3) is 2.61. The first-order valence-corrected chi connectivity index (χ1v) is 5.14. The minimum Gasteiger partial charge on any atom is -0.339 e. The molecule has 0 bridgehead atoms. The van der Waals surface area contributed by atoms with Gasteiger partial charge in [0.05, 0.1) is 10.7 Å². The lowest BCUT2D eigenvalue weighted by molar-refractivity contribution is 1.31. The highest BCUT2D eigenvalue weighted by atomic mass is 35.5. The summed E-state index contributed by atoms with van der Waals surface area (Å²) in [6.45, 7) is 0. The number of pyridine rings is 1. The van der Waals surface area contributed by atoms with Gasteiger partial charge in [0.2, 0.25) is 0 Å². The number of anilines is 2.